The van der Waals surface area contributed by atoms with Crippen LogP contribution in [-0.4, -0.2) is 72.5 Å². The summed E-state index contributed by atoms with van der Waals surface area (Å²) in [6, 6.07) is 0. The third kappa shape index (κ3) is 4.04. The van der Waals surface area contributed by atoms with Crippen LogP contribution in [0.4, 0.5) is 0 Å². The van der Waals surface area contributed by atoms with Gasteiger partial charge in [0.2, 0.25) is 0 Å². The number of β-amino-alcohol motifs (C(OH)–C–C–N with tert-alkyl or cyclic N) is 1. The van der Waals surface area contributed by atoms with E-state index in [4.69, 9.17) is 5.11 Å². The van der Waals surface area contributed by atoms with Crippen LogP contribution in [0.15, 0.2) is 0 Å². The van der Waals surface area contributed by atoms with Gasteiger partial charge in [0.05, 0.1) is 12.7 Å². The van der Waals surface area contributed by atoms with Gasteiger partial charge < -0.3 is 15.1 Å². The first kappa shape index (κ1) is 10.9. The van der Waals surface area contributed by atoms with Crippen molar-refractivity contribution in [3.8, 4) is 0 Å². The molecule has 4 nitrogen and oxygen atoms in total. The fourth-order valence-corrected chi connectivity index (χ4v) is 1.64. The van der Waals surface area contributed by atoms with Gasteiger partial charge in [-0.25, -0.2) is 0 Å². The Balaban J connectivity index is 2.25. The Morgan fingerprint density at radius 1 is 1.23 bits per heavy atom. The highest BCUT2D eigenvalue weighted by Gasteiger charge is 2.14. The van der Waals surface area contributed by atoms with E-state index >= 15 is 0 Å². The molecule has 1 atom stereocenters. The fraction of sp³-hybridized carbons (Fsp3) is 1.00. The van der Waals surface area contributed by atoms with E-state index in [0.717, 1.165) is 32.6 Å². The predicted molar refractivity (Wildman–Crippen MR) is 51.6 cm³/mol. The second kappa shape index (κ2) is 5.54. The van der Waals surface area contributed by atoms with Gasteiger partial charge >= 0.3 is 0 Å². The van der Waals surface area contributed by atoms with Crippen LogP contribution in [0.3, 0.4) is 0 Å². The lowest BCUT2D eigenvalue weighted by Crippen LogP contribution is -2.36. The molecule has 1 rings (SSSR count). The molecule has 1 unspecified atom stereocenters. The van der Waals surface area contributed by atoms with Crippen molar-refractivity contribution in [1.82, 2.24) is 9.80 Å². The summed E-state index contributed by atoms with van der Waals surface area (Å²) in [4.78, 5) is 4.51. The zero-order valence-electron chi connectivity index (χ0n) is 8.32. The van der Waals surface area contributed by atoms with Crippen molar-refractivity contribution in [2.75, 3.05) is 46.4 Å². The lowest BCUT2D eigenvalue weighted by Gasteiger charge is -2.22. The Bertz CT molecular complexity index is 144. The zero-order chi connectivity index (χ0) is 9.68. The highest BCUT2D eigenvalue weighted by Crippen LogP contribution is 2.01. The number of aliphatic hydroxyl groups excluding tert-OH is 2. The van der Waals surface area contributed by atoms with Crippen LogP contribution in [-0.2, 0) is 0 Å². The molecule has 2 N–H and O–H groups in total. The van der Waals surface area contributed by atoms with Gasteiger partial charge in [0.25, 0.3) is 0 Å². The van der Waals surface area contributed by atoms with Crippen molar-refractivity contribution in [2.45, 2.75) is 12.5 Å². The molecular weight excluding hydrogens is 168 g/mol. The van der Waals surface area contributed by atoms with Crippen LogP contribution < -0.4 is 0 Å². The molecule has 1 heterocycles. The fourth-order valence-electron chi connectivity index (χ4n) is 1.64. The summed E-state index contributed by atoms with van der Waals surface area (Å²) in [5.41, 5.74) is 0. The molecule has 0 saturated carbocycles. The van der Waals surface area contributed by atoms with E-state index in [2.05, 4.69) is 16.8 Å². The van der Waals surface area contributed by atoms with Gasteiger partial charge in [0, 0.05) is 19.6 Å². The summed E-state index contributed by atoms with van der Waals surface area (Å²) < 4.78 is 0. The van der Waals surface area contributed by atoms with Crippen molar-refractivity contribution in [1.29, 1.82) is 0 Å². The molecule has 0 amide bonds. The molecule has 0 aromatic rings. The maximum Gasteiger partial charge on any atom is 0.0897 e. The topological polar surface area (TPSA) is 46.9 Å². The van der Waals surface area contributed by atoms with E-state index < -0.39 is 6.10 Å². The molecule has 0 bridgehead atoms. The number of aliphatic hydroxyl groups is 2. The summed E-state index contributed by atoms with van der Waals surface area (Å²) in [6.45, 7) is 4.68. The summed E-state index contributed by atoms with van der Waals surface area (Å²) in [5, 5.41) is 18.0. The molecule has 0 aromatic carbocycles. The quantitative estimate of drug-likeness (QED) is 0.595. The van der Waals surface area contributed by atoms with Crippen molar-refractivity contribution in [3.05, 3.63) is 0 Å². The average Bonchev–Trinajstić information content (AvgIpc) is 2.31. The molecule has 1 saturated heterocycles. The molecule has 1 aliphatic heterocycles. The summed E-state index contributed by atoms with van der Waals surface area (Å²) in [5.74, 6) is 0. The van der Waals surface area contributed by atoms with Crippen LogP contribution in [0.5, 0.6) is 0 Å². The van der Waals surface area contributed by atoms with Crippen molar-refractivity contribution in [2.24, 2.45) is 0 Å². The highest BCUT2D eigenvalue weighted by molar-refractivity contribution is 4.69. The number of hydrogen-bond donors (Lipinski definition) is 2. The Hall–Kier alpha value is -0.160. The minimum atomic E-state index is -0.580. The summed E-state index contributed by atoms with van der Waals surface area (Å²) in [7, 11) is 2.12. The van der Waals surface area contributed by atoms with Gasteiger partial charge in [-0.15, -0.1) is 0 Å². The zero-order valence-corrected chi connectivity index (χ0v) is 8.32. The second-order valence-corrected chi connectivity index (χ2v) is 3.79. The number of nitrogens with zero attached hydrogens (tertiary/aromatic N) is 2. The molecule has 1 fully saturated rings. The Morgan fingerprint density at radius 3 is 2.69 bits per heavy atom. The second-order valence-electron chi connectivity index (χ2n) is 3.79. The van der Waals surface area contributed by atoms with Crippen molar-refractivity contribution in [3.63, 3.8) is 0 Å². The highest BCUT2D eigenvalue weighted by atomic mass is 16.3. The summed E-state index contributed by atoms with van der Waals surface area (Å²) >= 11 is 0. The smallest absolute Gasteiger partial charge is 0.0897 e. The first-order valence-corrected chi connectivity index (χ1v) is 4.92. The van der Waals surface area contributed by atoms with E-state index in [1.165, 1.54) is 0 Å². The molecule has 4 heteroatoms. The van der Waals surface area contributed by atoms with Crippen LogP contribution in [0.25, 0.3) is 0 Å². The number of likely N-dealkylation sites (N-methyl/N-ethyl adjacent to an activating group) is 1. The minimum absolute atomic E-state index is 0.133. The number of rotatable bonds is 3. The molecule has 0 radical (unpaired) electrons. The Kier molecular flexibility index (Phi) is 4.66. The van der Waals surface area contributed by atoms with Gasteiger partial charge in [-0.2, -0.15) is 0 Å². The van der Waals surface area contributed by atoms with E-state index in [1.54, 1.807) is 0 Å². The molecule has 0 aromatic heterocycles. The van der Waals surface area contributed by atoms with E-state index in [0.29, 0.717) is 6.54 Å². The van der Waals surface area contributed by atoms with E-state index in [9.17, 15) is 5.11 Å². The maximum absolute atomic E-state index is 9.26. The maximum atomic E-state index is 9.26. The lowest BCUT2D eigenvalue weighted by atomic mass is 10.3. The molecule has 78 valence electrons. The molecule has 1 aliphatic rings. The first-order valence-electron chi connectivity index (χ1n) is 4.92. The summed E-state index contributed by atoms with van der Waals surface area (Å²) in [6.07, 6.45) is 0.567. The monoisotopic (exact) mass is 188 g/mol. The number of hydrogen-bond acceptors (Lipinski definition) is 4. The predicted octanol–water partition coefficient (Wildman–Crippen LogP) is -1.02. The van der Waals surface area contributed by atoms with Gasteiger partial charge in [0.15, 0.2) is 0 Å². The van der Waals surface area contributed by atoms with Crippen molar-refractivity contribution < 1.29 is 10.2 Å². The SMILES string of the molecule is CN1CCCN(CC(O)CO)CC1. The lowest BCUT2D eigenvalue weighted by molar-refractivity contribution is 0.0605. The normalized spacial score (nSPS) is 24.2. The van der Waals surface area contributed by atoms with Gasteiger partial charge in [-0.3, -0.25) is 4.90 Å². The Morgan fingerprint density at radius 2 is 2.00 bits per heavy atom. The minimum Gasteiger partial charge on any atom is -0.394 e. The van der Waals surface area contributed by atoms with Crippen LogP contribution in [0.2, 0.25) is 0 Å². The van der Waals surface area contributed by atoms with Crippen LogP contribution >= 0.6 is 0 Å². The largest absolute Gasteiger partial charge is 0.394 e. The molecular formula is C9H20N2O2. The van der Waals surface area contributed by atoms with Gasteiger partial charge in [0.1, 0.15) is 0 Å². The van der Waals surface area contributed by atoms with Crippen molar-refractivity contribution >= 4 is 0 Å². The molecule has 0 aliphatic carbocycles. The average molecular weight is 188 g/mol. The van der Waals surface area contributed by atoms with E-state index in [-0.39, 0.29) is 6.61 Å². The van der Waals surface area contributed by atoms with E-state index in [1.807, 2.05) is 0 Å². The third-order valence-electron chi connectivity index (χ3n) is 2.49. The first-order chi connectivity index (χ1) is 6.22. The molecule has 13 heavy (non-hydrogen) atoms. The Labute approximate surface area is 79.8 Å². The molecule has 0 spiro atoms. The van der Waals surface area contributed by atoms with Crippen LogP contribution in [0.1, 0.15) is 6.42 Å². The van der Waals surface area contributed by atoms with Crippen LogP contribution in [0, 0.1) is 0 Å². The van der Waals surface area contributed by atoms with Gasteiger partial charge in [-0.1, -0.05) is 0 Å². The standard InChI is InChI=1S/C9H20N2O2/c1-10-3-2-4-11(6-5-10)7-9(13)8-12/h9,12-13H,2-8H2,1H3. The van der Waals surface area contributed by atoms with Gasteiger partial charge in [-0.05, 0) is 26.6 Å². The third-order valence-corrected chi connectivity index (χ3v) is 2.49.